The number of nitrogens with one attached hydrogen (secondary N) is 2. The number of fused-ring (bicyclic) bond motifs is 5. The summed E-state index contributed by atoms with van der Waals surface area (Å²) >= 11 is 6.54. The van der Waals surface area contributed by atoms with Gasteiger partial charge in [0.1, 0.15) is 0 Å². The smallest absolute Gasteiger partial charge is 0.259 e. The predicted octanol–water partition coefficient (Wildman–Crippen LogP) is 4.67. The zero-order chi connectivity index (χ0) is 28.0. The summed E-state index contributed by atoms with van der Waals surface area (Å²) in [5.41, 5.74) is 5.52. The Morgan fingerprint density at radius 3 is 2.42 bits per heavy atom. The first kappa shape index (κ1) is 26.5. The van der Waals surface area contributed by atoms with E-state index in [1.54, 1.807) is 6.07 Å². The van der Waals surface area contributed by atoms with Gasteiger partial charge >= 0.3 is 0 Å². The SMILES string of the molecule is CN1CCN(CCCCc2cc3c(cc2NC=O)c2c4c(c(-c5ccccc5Cl)cc2n3C)C(=O)NC4=O)CC1. The molecule has 9 heteroatoms. The van der Waals surface area contributed by atoms with E-state index in [0.29, 0.717) is 39.1 Å². The van der Waals surface area contributed by atoms with Crippen LogP contribution in [0.25, 0.3) is 32.9 Å². The Morgan fingerprint density at radius 1 is 0.925 bits per heavy atom. The summed E-state index contributed by atoms with van der Waals surface area (Å²) in [5.74, 6) is -0.860. The number of carbonyl (C=O) groups is 3. The van der Waals surface area contributed by atoms with E-state index in [0.717, 1.165) is 79.7 Å². The summed E-state index contributed by atoms with van der Waals surface area (Å²) in [4.78, 5) is 42.6. The zero-order valence-electron chi connectivity index (χ0n) is 22.7. The number of rotatable bonds is 8. The van der Waals surface area contributed by atoms with Crippen LogP contribution in [-0.4, -0.2) is 72.4 Å². The highest BCUT2D eigenvalue weighted by atomic mass is 35.5. The number of amides is 3. The van der Waals surface area contributed by atoms with Crippen molar-refractivity contribution in [3.05, 3.63) is 64.2 Å². The number of anilines is 1. The Kier molecular flexibility index (Phi) is 7.08. The van der Waals surface area contributed by atoms with Crippen LogP contribution in [0.5, 0.6) is 0 Å². The molecule has 0 bridgehead atoms. The van der Waals surface area contributed by atoms with Crippen LogP contribution in [0.2, 0.25) is 5.02 Å². The first-order chi connectivity index (χ1) is 19.4. The van der Waals surface area contributed by atoms with Crippen molar-refractivity contribution in [1.29, 1.82) is 0 Å². The van der Waals surface area contributed by atoms with E-state index in [4.69, 9.17) is 11.6 Å². The molecule has 2 N–H and O–H groups in total. The molecule has 3 amide bonds. The van der Waals surface area contributed by atoms with Crippen LogP contribution >= 0.6 is 11.6 Å². The quantitative estimate of drug-likeness (QED) is 0.187. The molecular formula is C31H32ClN5O3. The van der Waals surface area contributed by atoms with Crippen LogP contribution in [0.1, 0.15) is 39.1 Å². The van der Waals surface area contributed by atoms with Crippen LogP contribution in [0.4, 0.5) is 5.69 Å². The van der Waals surface area contributed by atoms with Gasteiger partial charge in [-0.05, 0) is 68.2 Å². The number of imide groups is 1. The van der Waals surface area contributed by atoms with E-state index in [1.165, 1.54) is 0 Å². The maximum atomic E-state index is 13.2. The van der Waals surface area contributed by atoms with Crippen molar-refractivity contribution >= 4 is 57.3 Å². The fourth-order valence-electron chi connectivity index (χ4n) is 6.16. The molecule has 0 radical (unpaired) electrons. The van der Waals surface area contributed by atoms with E-state index in [9.17, 15) is 14.4 Å². The van der Waals surface area contributed by atoms with Crippen molar-refractivity contribution in [2.75, 3.05) is 45.1 Å². The molecule has 0 aliphatic carbocycles. The third-order valence-electron chi connectivity index (χ3n) is 8.35. The molecule has 3 aromatic carbocycles. The molecule has 0 atom stereocenters. The second-order valence-electron chi connectivity index (χ2n) is 10.8. The summed E-state index contributed by atoms with van der Waals surface area (Å²) in [6.07, 6.45) is 3.59. The zero-order valence-corrected chi connectivity index (χ0v) is 23.5. The minimum Gasteiger partial charge on any atom is -0.344 e. The van der Waals surface area contributed by atoms with Gasteiger partial charge in [-0.15, -0.1) is 0 Å². The van der Waals surface area contributed by atoms with E-state index in [-0.39, 0.29) is 0 Å². The van der Waals surface area contributed by atoms with Crippen molar-refractivity contribution in [3.63, 3.8) is 0 Å². The first-order valence-electron chi connectivity index (χ1n) is 13.7. The van der Waals surface area contributed by atoms with Crippen LogP contribution in [0.3, 0.4) is 0 Å². The third-order valence-corrected chi connectivity index (χ3v) is 8.68. The minimum atomic E-state index is -0.433. The molecule has 4 aromatic rings. The van der Waals surface area contributed by atoms with E-state index >= 15 is 0 Å². The number of aromatic nitrogens is 1. The van der Waals surface area contributed by atoms with Crippen LogP contribution in [-0.2, 0) is 18.3 Å². The lowest BCUT2D eigenvalue weighted by molar-refractivity contribution is -0.105. The molecule has 2 aliphatic rings. The summed E-state index contributed by atoms with van der Waals surface area (Å²) in [5, 5.41) is 7.38. The highest BCUT2D eigenvalue weighted by molar-refractivity contribution is 6.36. The number of benzene rings is 3. The van der Waals surface area contributed by atoms with Gasteiger partial charge < -0.3 is 19.7 Å². The van der Waals surface area contributed by atoms with E-state index in [1.807, 2.05) is 37.4 Å². The van der Waals surface area contributed by atoms with Gasteiger partial charge in [0.15, 0.2) is 0 Å². The Morgan fingerprint density at radius 2 is 1.68 bits per heavy atom. The van der Waals surface area contributed by atoms with Gasteiger partial charge in [-0.3, -0.25) is 19.7 Å². The van der Waals surface area contributed by atoms with Crippen LogP contribution in [0.15, 0.2) is 42.5 Å². The van der Waals surface area contributed by atoms with Gasteiger partial charge in [-0.1, -0.05) is 29.8 Å². The first-order valence-corrected chi connectivity index (χ1v) is 14.1. The van der Waals surface area contributed by atoms with E-state index < -0.39 is 11.8 Å². The fraction of sp³-hybridized carbons (Fsp3) is 0.323. The Bertz CT molecular complexity index is 1670. The monoisotopic (exact) mass is 557 g/mol. The molecule has 1 aromatic heterocycles. The lowest BCUT2D eigenvalue weighted by Gasteiger charge is -2.32. The molecule has 1 saturated heterocycles. The summed E-state index contributed by atoms with van der Waals surface area (Å²) in [6, 6.07) is 13.3. The highest BCUT2D eigenvalue weighted by Gasteiger charge is 2.34. The molecule has 6 rings (SSSR count). The second kappa shape index (κ2) is 10.7. The number of hydrogen-bond acceptors (Lipinski definition) is 5. The summed E-state index contributed by atoms with van der Waals surface area (Å²) in [7, 11) is 4.13. The molecule has 3 heterocycles. The van der Waals surface area contributed by atoms with Crippen molar-refractivity contribution in [3.8, 4) is 11.1 Å². The number of unbranched alkanes of at least 4 members (excludes halogenated alkanes) is 1. The lowest BCUT2D eigenvalue weighted by Crippen LogP contribution is -2.44. The molecule has 0 unspecified atom stereocenters. The molecule has 40 heavy (non-hydrogen) atoms. The Hall–Kier alpha value is -3.72. The molecule has 2 aliphatic heterocycles. The summed E-state index contributed by atoms with van der Waals surface area (Å²) in [6.45, 7) is 5.49. The number of carbonyl (C=O) groups excluding carboxylic acids is 3. The number of likely N-dealkylation sites (N-methyl/N-ethyl adjacent to an activating group) is 1. The number of aryl methyl sites for hydroxylation is 2. The van der Waals surface area contributed by atoms with Crippen molar-refractivity contribution in [2.24, 2.45) is 7.05 Å². The Balaban J connectivity index is 1.42. The number of piperazine rings is 1. The van der Waals surface area contributed by atoms with Gasteiger partial charge in [-0.25, -0.2) is 0 Å². The number of hydrogen-bond donors (Lipinski definition) is 2. The largest absolute Gasteiger partial charge is 0.344 e. The second-order valence-corrected chi connectivity index (χ2v) is 11.2. The molecule has 206 valence electrons. The average Bonchev–Trinajstić information content (AvgIpc) is 3.39. The van der Waals surface area contributed by atoms with Crippen molar-refractivity contribution < 1.29 is 14.4 Å². The van der Waals surface area contributed by atoms with Gasteiger partial charge in [0.05, 0.1) is 16.6 Å². The maximum absolute atomic E-state index is 13.2. The van der Waals surface area contributed by atoms with Gasteiger partial charge in [0.2, 0.25) is 6.41 Å². The fourth-order valence-corrected chi connectivity index (χ4v) is 6.39. The minimum absolute atomic E-state index is 0.330. The van der Waals surface area contributed by atoms with Gasteiger partial charge in [-0.2, -0.15) is 0 Å². The molecule has 1 fully saturated rings. The lowest BCUT2D eigenvalue weighted by atomic mass is 9.92. The van der Waals surface area contributed by atoms with Crippen molar-refractivity contribution in [2.45, 2.75) is 19.3 Å². The van der Waals surface area contributed by atoms with E-state index in [2.05, 4.69) is 38.1 Å². The summed E-state index contributed by atoms with van der Waals surface area (Å²) < 4.78 is 2.06. The van der Waals surface area contributed by atoms with Crippen molar-refractivity contribution in [1.82, 2.24) is 19.7 Å². The van der Waals surface area contributed by atoms with Crippen LogP contribution in [0, 0.1) is 0 Å². The highest BCUT2D eigenvalue weighted by Crippen LogP contribution is 2.42. The standard InChI is InChI=1S/C31H32ClN5O3/c1-35-11-13-37(14-12-35)10-6-5-7-19-15-25-22(16-24(19)33-18-38)27-26(36(25)2)17-21(20-8-3-4-9-23(20)32)28-29(27)31(40)34-30(28)39/h3-4,8-9,15-18H,5-7,10-14H2,1-2H3,(H,33,38)(H,34,39,40). The Labute approximate surface area is 237 Å². The van der Waals surface area contributed by atoms with Gasteiger partial charge in [0, 0.05) is 65.8 Å². The normalized spacial score (nSPS) is 16.1. The van der Waals surface area contributed by atoms with Crippen LogP contribution < -0.4 is 10.6 Å². The molecule has 0 spiro atoms. The molecule has 0 saturated carbocycles. The number of halogens is 1. The molecular weight excluding hydrogens is 526 g/mol. The molecule has 8 nitrogen and oxygen atoms in total. The maximum Gasteiger partial charge on any atom is 0.259 e. The predicted molar refractivity (Wildman–Crippen MR) is 159 cm³/mol. The topological polar surface area (TPSA) is 86.7 Å². The third kappa shape index (κ3) is 4.56. The number of nitrogens with zero attached hydrogens (tertiary/aromatic N) is 3. The van der Waals surface area contributed by atoms with Gasteiger partial charge in [0.25, 0.3) is 11.8 Å². The average molecular weight is 558 g/mol.